The number of hydrogen-bond acceptors (Lipinski definition) is 2. The molecule has 0 fully saturated rings. The minimum atomic E-state index is 0.727. The van der Waals surface area contributed by atoms with Gasteiger partial charge in [0.15, 0.2) is 0 Å². The number of nitrogens with zero attached hydrogens (tertiary/aromatic N) is 1. The average Bonchev–Trinajstić information content (AvgIpc) is 2.19. The first-order valence-corrected chi connectivity index (χ1v) is 4.57. The Bertz CT molecular complexity index is 331. The molecule has 0 saturated heterocycles. The Morgan fingerprint density at radius 3 is 3.00 bits per heavy atom. The number of ether oxygens (including phenoxy) is 1. The summed E-state index contributed by atoms with van der Waals surface area (Å²) in [5.41, 5.74) is 3.49. The molecule has 1 aliphatic heterocycles. The van der Waals surface area contributed by atoms with Crippen molar-refractivity contribution in [3.05, 3.63) is 35.7 Å². The normalized spacial score (nSPS) is 16.8. The number of aryl methyl sites for hydroxylation is 1. The molecule has 0 saturated carbocycles. The Balaban J connectivity index is 2.29. The summed E-state index contributed by atoms with van der Waals surface area (Å²) >= 11 is 0. The van der Waals surface area contributed by atoms with Gasteiger partial charge >= 0.3 is 0 Å². The zero-order chi connectivity index (χ0) is 9.10. The molecule has 0 aliphatic carbocycles. The van der Waals surface area contributed by atoms with E-state index in [0.717, 1.165) is 31.0 Å². The van der Waals surface area contributed by atoms with Gasteiger partial charge in [-0.05, 0) is 31.1 Å². The Kier molecular flexibility index (Phi) is 2.41. The molecule has 13 heavy (non-hydrogen) atoms. The first kappa shape index (κ1) is 8.45. The van der Waals surface area contributed by atoms with Crippen molar-refractivity contribution in [2.45, 2.75) is 13.3 Å². The average molecular weight is 175 g/mol. The molecule has 2 heteroatoms. The predicted octanol–water partition coefficient (Wildman–Crippen LogP) is 2.19. The van der Waals surface area contributed by atoms with Crippen LogP contribution in [0.2, 0.25) is 0 Å². The Hall–Kier alpha value is -1.15. The molecule has 0 amide bonds. The molecule has 0 atom stereocenters. The van der Waals surface area contributed by atoms with E-state index in [1.54, 1.807) is 0 Å². The van der Waals surface area contributed by atoms with Crippen LogP contribution in [0.1, 0.15) is 17.8 Å². The molecule has 1 aromatic rings. The number of aromatic nitrogens is 1. The van der Waals surface area contributed by atoms with Crippen molar-refractivity contribution in [3.63, 3.8) is 0 Å². The SMILES string of the molecule is Cc1cccc(C2=CCOCC2)n1. The standard InChI is InChI=1S/C11H13NO/c1-9-3-2-4-11(12-9)10-5-7-13-8-6-10/h2-5H,6-8H2,1H3. The van der Waals surface area contributed by atoms with Crippen LogP contribution in [0.5, 0.6) is 0 Å². The number of rotatable bonds is 1. The molecule has 0 radical (unpaired) electrons. The van der Waals surface area contributed by atoms with Crippen molar-refractivity contribution in [2.75, 3.05) is 13.2 Å². The van der Waals surface area contributed by atoms with Crippen LogP contribution in [0.4, 0.5) is 0 Å². The van der Waals surface area contributed by atoms with Gasteiger partial charge in [-0.1, -0.05) is 12.1 Å². The molecule has 0 N–H and O–H groups in total. The van der Waals surface area contributed by atoms with Gasteiger partial charge in [-0.15, -0.1) is 0 Å². The maximum atomic E-state index is 5.25. The zero-order valence-corrected chi connectivity index (χ0v) is 7.79. The molecule has 2 nitrogen and oxygen atoms in total. The first-order chi connectivity index (χ1) is 6.36. The molecule has 0 aromatic carbocycles. The van der Waals surface area contributed by atoms with E-state index in [1.807, 2.05) is 19.1 Å². The minimum absolute atomic E-state index is 0.727. The highest BCUT2D eigenvalue weighted by Gasteiger charge is 2.06. The molecular weight excluding hydrogens is 162 g/mol. The van der Waals surface area contributed by atoms with E-state index < -0.39 is 0 Å². The van der Waals surface area contributed by atoms with Gasteiger partial charge in [0.25, 0.3) is 0 Å². The quantitative estimate of drug-likeness (QED) is 0.652. The highest BCUT2D eigenvalue weighted by Crippen LogP contribution is 2.18. The van der Waals surface area contributed by atoms with Crippen LogP contribution in [0.3, 0.4) is 0 Å². The second-order valence-electron chi connectivity index (χ2n) is 3.22. The third kappa shape index (κ3) is 1.95. The van der Waals surface area contributed by atoms with E-state index in [-0.39, 0.29) is 0 Å². The molecule has 1 aliphatic rings. The molecule has 2 heterocycles. The molecule has 68 valence electrons. The van der Waals surface area contributed by atoms with Crippen LogP contribution in [-0.4, -0.2) is 18.2 Å². The summed E-state index contributed by atoms with van der Waals surface area (Å²) in [6, 6.07) is 6.13. The highest BCUT2D eigenvalue weighted by atomic mass is 16.5. The van der Waals surface area contributed by atoms with Gasteiger partial charge < -0.3 is 4.74 Å². The van der Waals surface area contributed by atoms with Crippen molar-refractivity contribution in [3.8, 4) is 0 Å². The lowest BCUT2D eigenvalue weighted by atomic mass is 10.1. The molecule has 0 bridgehead atoms. The van der Waals surface area contributed by atoms with Crippen molar-refractivity contribution in [2.24, 2.45) is 0 Å². The summed E-state index contributed by atoms with van der Waals surface area (Å²) in [4.78, 5) is 4.47. The van der Waals surface area contributed by atoms with Crippen molar-refractivity contribution in [1.29, 1.82) is 0 Å². The monoisotopic (exact) mass is 175 g/mol. The Morgan fingerprint density at radius 2 is 2.31 bits per heavy atom. The highest BCUT2D eigenvalue weighted by molar-refractivity contribution is 5.63. The van der Waals surface area contributed by atoms with Crippen LogP contribution in [-0.2, 0) is 4.74 Å². The van der Waals surface area contributed by atoms with Gasteiger partial charge in [0.05, 0.1) is 18.9 Å². The molecule has 2 rings (SSSR count). The lowest BCUT2D eigenvalue weighted by Gasteiger charge is -2.12. The molecule has 1 aromatic heterocycles. The van der Waals surface area contributed by atoms with E-state index in [0.29, 0.717) is 0 Å². The lowest BCUT2D eigenvalue weighted by Crippen LogP contribution is -2.04. The largest absolute Gasteiger partial charge is 0.377 e. The fraction of sp³-hybridized carbons (Fsp3) is 0.364. The lowest BCUT2D eigenvalue weighted by molar-refractivity contribution is 0.161. The summed E-state index contributed by atoms with van der Waals surface area (Å²) in [6.45, 7) is 3.57. The molecular formula is C11H13NO. The maximum absolute atomic E-state index is 5.25. The van der Waals surface area contributed by atoms with Crippen LogP contribution < -0.4 is 0 Å². The molecule has 0 spiro atoms. The number of pyridine rings is 1. The fourth-order valence-corrected chi connectivity index (χ4v) is 1.48. The van der Waals surface area contributed by atoms with Crippen LogP contribution in [0, 0.1) is 6.92 Å². The fourth-order valence-electron chi connectivity index (χ4n) is 1.48. The van der Waals surface area contributed by atoms with Crippen LogP contribution in [0.15, 0.2) is 24.3 Å². The van der Waals surface area contributed by atoms with E-state index in [4.69, 9.17) is 4.74 Å². The minimum Gasteiger partial charge on any atom is -0.377 e. The van der Waals surface area contributed by atoms with Gasteiger partial charge in [-0.25, -0.2) is 0 Å². The first-order valence-electron chi connectivity index (χ1n) is 4.57. The molecule has 0 unspecified atom stereocenters. The summed E-state index contributed by atoms with van der Waals surface area (Å²) in [6.07, 6.45) is 3.10. The van der Waals surface area contributed by atoms with Gasteiger partial charge in [0.1, 0.15) is 0 Å². The summed E-state index contributed by atoms with van der Waals surface area (Å²) in [7, 11) is 0. The van der Waals surface area contributed by atoms with Crippen molar-refractivity contribution < 1.29 is 4.74 Å². The van der Waals surface area contributed by atoms with Gasteiger partial charge in [0, 0.05) is 5.69 Å². The van der Waals surface area contributed by atoms with E-state index in [9.17, 15) is 0 Å². The third-order valence-corrected chi connectivity index (χ3v) is 2.18. The van der Waals surface area contributed by atoms with E-state index in [1.165, 1.54) is 5.57 Å². The van der Waals surface area contributed by atoms with E-state index >= 15 is 0 Å². The third-order valence-electron chi connectivity index (χ3n) is 2.18. The van der Waals surface area contributed by atoms with Crippen LogP contribution >= 0.6 is 0 Å². The topological polar surface area (TPSA) is 22.1 Å². The maximum Gasteiger partial charge on any atom is 0.0663 e. The van der Waals surface area contributed by atoms with Gasteiger partial charge in [0.2, 0.25) is 0 Å². The number of hydrogen-bond donors (Lipinski definition) is 0. The smallest absolute Gasteiger partial charge is 0.0663 e. The summed E-state index contributed by atoms with van der Waals surface area (Å²) < 4.78 is 5.25. The summed E-state index contributed by atoms with van der Waals surface area (Å²) in [5.74, 6) is 0. The second kappa shape index (κ2) is 3.71. The van der Waals surface area contributed by atoms with Crippen molar-refractivity contribution in [1.82, 2.24) is 4.98 Å². The van der Waals surface area contributed by atoms with Gasteiger partial charge in [-0.3, -0.25) is 4.98 Å². The van der Waals surface area contributed by atoms with E-state index in [2.05, 4.69) is 17.1 Å². The van der Waals surface area contributed by atoms with Crippen molar-refractivity contribution >= 4 is 5.57 Å². The predicted molar refractivity (Wildman–Crippen MR) is 52.4 cm³/mol. The van der Waals surface area contributed by atoms with Gasteiger partial charge in [-0.2, -0.15) is 0 Å². The Morgan fingerprint density at radius 1 is 1.38 bits per heavy atom. The van der Waals surface area contributed by atoms with Crippen LogP contribution in [0.25, 0.3) is 5.57 Å². The second-order valence-corrected chi connectivity index (χ2v) is 3.22. The Labute approximate surface area is 78.3 Å². The zero-order valence-electron chi connectivity index (χ0n) is 7.79. The summed E-state index contributed by atoms with van der Waals surface area (Å²) in [5, 5.41) is 0.